The van der Waals surface area contributed by atoms with Crippen LogP contribution >= 0.6 is 34.3 Å². The second kappa shape index (κ2) is 11.9. The molecule has 1 amide bonds. The maximum absolute atomic E-state index is 12.9. The van der Waals surface area contributed by atoms with Crippen molar-refractivity contribution in [3.8, 4) is 0 Å². The molecule has 2 N–H and O–H groups in total. The molecule has 0 saturated heterocycles. The van der Waals surface area contributed by atoms with E-state index in [9.17, 15) is 22.8 Å². The van der Waals surface area contributed by atoms with Gasteiger partial charge in [-0.2, -0.15) is 0 Å². The first-order valence-electron chi connectivity index (χ1n) is 11.8. The highest BCUT2D eigenvalue weighted by atomic mass is 35.5. The number of amides is 1. The molecule has 13 heteroatoms. The van der Waals surface area contributed by atoms with Gasteiger partial charge < -0.3 is 14.8 Å². The van der Waals surface area contributed by atoms with E-state index >= 15 is 0 Å². The summed E-state index contributed by atoms with van der Waals surface area (Å²) < 4.78 is 38.2. The van der Waals surface area contributed by atoms with Crippen molar-refractivity contribution in [1.82, 2.24) is 0 Å². The van der Waals surface area contributed by atoms with Crippen LogP contribution in [0.2, 0.25) is 4.34 Å². The molecular weight excluding hydrogens is 572 g/mol. The molecule has 2 heterocycles. The summed E-state index contributed by atoms with van der Waals surface area (Å²) in [5.74, 6) is -1.82. The normalized spacial score (nSPS) is 13.8. The van der Waals surface area contributed by atoms with Crippen LogP contribution in [0.4, 0.5) is 10.7 Å². The van der Waals surface area contributed by atoms with Crippen molar-refractivity contribution in [1.29, 1.82) is 0 Å². The van der Waals surface area contributed by atoms with Crippen LogP contribution in [0, 0.1) is 0 Å². The molecule has 1 aliphatic rings. The number of hydrogen-bond acceptors (Lipinski definition) is 9. The van der Waals surface area contributed by atoms with Crippen molar-refractivity contribution in [2.75, 3.05) is 16.6 Å². The van der Waals surface area contributed by atoms with E-state index in [4.69, 9.17) is 21.1 Å². The number of aryl methyl sites for hydroxylation is 1. The van der Waals surface area contributed by atoms with Crippen molar-refractivity contribution >= 4 is 72.8 Å². The third kappa shape index (κ3) is 6.37. The van der Waals surface area contributed by atoms with Gasteiger partial charge >= 0.3 is 11.9 Å². The van der Waals surface area contributed by atoms with E-state index in [0.29, 0.717) is 14.9 Å². The fourth-order valence-corrected chi connectivity index (χ4v) is 7.71. The molecule has 0 spiro atoms. The minimum absolute atomic E-state index is 0.0588. The van der Waals surface area contributed by atoms with Gasteiger partial charge in [-0.25, -0.2) is 18.0 Å². The molecule has 4 rings (SSSR count). The van der Waals surface area contributed by atoms with E-state index in [1.54, 1.807) is 6.92 Å². The molecule has 2 aromatic heterocycles. The molecule has 0 fully saturated rings. The lowest BCUT2D eigenvalue weighted by Gasteiger charge is -2.14. The average Bonchev–Trinajstić information content (AvgIpc) is 3.48. The van der Waals surface area contributed by atoms with Crippen molar-refractivity contribution < 1.29 is 32.3 Å². The lowest BCUT2D eigenvalue weighted by atomic mass is 9.95. The Bertz CT molecular complexity index is 1460. The zero-order valence-electron chi connectivity index (χ0n) is 20.5. The molecule has 1 aliphatic carbocycles. The Morgan fingerprint density at radius 3 is 2.39 bits per heavy atom. The first-order chi connectivity index (χ1) is 18.1. The van der Waals surface area contributed by atoms with Gasteiger partial charge in [0.05, 0.1) is 22.1 Å². The third-order valence-corrected chi connectivity index (χ3v) is 10.0. The molecule has 3 aromatic rings. The quantitative estimate of drug-likeness (QED) is 0.312. The number of carbonyl (C=O) groups excluding carboxylic acids is 3. The van der Waals surface area contributed by atoms with Gasteiger partial charge in [0, 0.05) is 10.6 Å². The SMILES string of the molecule is CCOC(=O)c1c(NC(=O)[C@H](C)OC(=O)c2ccc(NS(=O)(=O)c3ccc(Cl)s3)cc2)sc2c1CCCC2. The minimum atomic E-state index is -3.82. The van der Waals surface area contributed by atoms with Crippen molar-refractivity contribution in [3.63, 3.8) is 0 Å². The number of fused-ring (bicyclic) bond motifs is 1. The van der Waals surface area contributed by atoms with Gasteiger partial charge in [-0.15, -0.1) is 22.7 Å². The predicted molar refractivity (Wildman–Crippen MR) is 147 cm³/mol. The number of esters is 2. The molecule has 9 nitrogen and oxygen atoms in total. The van der Waals surface area contributed by atoms with Crippen LogP contribution in [-0.4, -0.2) is 39.0 Å². The summed E-state index contributed by atoms with van der Waals surface area (Å²) in [6.45, 7) is 3.37. The van der Waals surface area contributed by atoms with Crippen molar-refractivity contribution in [3.05, 3.63) is 62.3 Å². The molecular formula is C25H25ClN2O7S3. The van der Waals surface area contributed by atoms with E-state index in [1.807, 2.05) is 0 Å². The second-order valence-corrected chi connectivity index (χ2v) is 13.1. The number of sulfonamides is 1. The Kier molecular flexibility index (Phi) is 8.76. The maximum atomic E-state index is 12.9. The number of rotatable bonds is 9. The first-order valence-corrected chi connectivity index (χ1v) is 15.3. The summed E-state index contributed by atoms with van der Waals surface area (Å²) in [4.78, 5) is 39.1. The highest BCUT2D eigenvalue weighted by Crippen LogP contribution is 2.38. The Balaban J connectivity index is 1.40. The van der Waals surface area contributed by atoms with E-state index in [0.717, 1.165) is 47.5 Å². The van der Waals surface area contributed by atoms with Gasteiger partial charge in [-0.05, 0) is 81.5 Å². The topological polar surface area (TPSA) is 128 Å². The molecule has 0 unspecified atom stereocenters. The largest absolute Gasteiger partial charge is 0.462 e. The van der Waals surface area contributed by atoms with E-state index in [-0.39, 0.29) is 22.1 Å². The maximum Gasteiger partial charge on any atom is 0.341 e. The standard InChI is InChI=1S/C25H25ClN2O7S3/c1-3-34-25(31)21-17-6-4-5-7-18(17)36-23(21)27-22(29)14(2)35-24(30)15-8-10-16(11-9-15)28-38(32,33)20-13-12-19(26)37-20/h8-14,28H,3-7H2,1-2H3,(H,27,29)/t14-/m0/s1. The van der Waals surface area contributed by atoms with Crippen LogP contribution in [0.25, 0.3) is 0 Å². The minimum Gasteiger partial charge on any atom is -0.462 e. The number of anilines is 2. The molecule has 202 valence electrons. The molecule has 38 heavy (non-hydrogen) atoms. The van der Waals surface area contributed by atoms with Gasteiger partial charge in [0.1, 0.15) is 9.21 Å². The zero-order valence-corrected chi connectivity index (χ0v) is 23.7. The summed E-state index contributed by atoms with van der Waals surface area (Å²) in [5, 5.41) is 3.13. The number of ether oxygens (including phenoxy) is 2. The van der Waals surface area contributed by atoms with Crippen LogP contribution in [0.1, 0.15) is 57.8 Å². The fraction of sp³-hybridized carbons (Fsp3) is 0.320. The van der Waals surface area contributed by atoms with Crippen LogP contribution in [0.3, 0.4) is 0 Å². The van der Waals surface area contributed by atoms with Gasteiger partial charge in [-0.1, -0.05) is 11.6 Å². The van der Waals surface area contributed by atoms with E-state index in [2.05, 4.69) is 10.0 Å². The number of halogens is 1. The lowest BCUT2D eigenvalue weighted by molar-refractivity contribution is -0.123. The van der Waals surface area contributed by atoms with E-state index in [1.165, 1.54) is 54.7 Å². The summed E-state index contributed by atoms with van der Waals surface area (Å²) >= 11 is 8.09. The van der Waals surface area contributed by atoms with Gasteiger partial charge in [-0.3, -0.25) is 9.52 Å². The number of hydrogen-bond donors (Lipinski definition) is 2. The summed E-state index contributed by atoms with van der Waals surface area (Å²) in [5.41, 5.74) is 1.66. The Hall–Kier alpha value is -2.93. The molecule has 1 atom stereocenters. The molecule has 0 saturated carbocycles. The van der Waals surface area contributed by atoms with Crippen molar-refractivity contribution in [2.45, 2.75) is 49.8 Å². The fourth-order valence-electron chi connectivity index (χ4n) is 3.89. The second-order valence-electron chi connectivity index (χ2n) is 8.41. The Morgan fingerprint density at radius 1 is 1.03 bits per heavy atom. The number of carbonyl (C=O) groups is 3. The summed E-state index contributed by atoms with van der Waals surface area (Å²) in [7, 11) is -3.82. The predicted octanol–water partition coefficient (Wildman–Crippen LogP) is 5.50. The number of nitrogens with one attached hydrogen (secondary N) is 2. The van der Waals surface area contributed by atoms with Crippen LogP contribution in [-0.2, 0) is 37.1 Å². The van der Waals surface area contributed by atoms with Gasteiger partial charge in [0.15, 0.2) is 6.10 Å². The van der Waals surface area contributed by atoms with Crippen molar-refractivity contribution in [2.24, 2.45) is 0 Å². The third-order valence-electron chi connectivity index (χ3n) is 5.73. The molecule has 0 bridgehead atoms. The first kappa shape index (κ1) is 28.1. The highest BCUT2D eigenvalue weighted by molar-refractivity contribution is 7.94. The Morgan fingerprint density at radius 2 is 1.74 bits per heavy atom. The molecule has 0 radical (unpaired) electrons. The molecule has 0 aliphatic heterocycles. The van der Waals surface area contributed by atoms with Gasteiger partial charge in [0.25, 0.3) is 15.9 Å². The zero-order chi connectivity index (χ0) is 27.4. The van der Waals surface area contributed by atoms with E-state index < -0.39 is 34.0 Å². The van der Waals surface area contributed by atoms with Crippen LogP contribution < -0.4 is 10.0 Å². The number of thiophene rings is 2. The monoisotopic (exact) mass is 596 g/mol. The average molecular weight is 597 g/mol. The summed E-state index contributed by atoms with van der Waals surface area (Å²) in [6.07, 6.45) is 2.40. The van der Waals surface area contributed by atoms with Gasteiger partial charge in [0.2, 0.25) is 0 Å². The Labute approximate surface area is 233 Å². The van der Waals surface area contributed by atoms with Crippen LogP contribution in [0.15, 0.2) is 40.6 Å². The molecule has 1 aromatic carbocycles. The lowest BCUT2D eigenvalue weighted by Crippen LogP contribution is -2.30. The smallest absolute Gasteiger partial charge is 0.341 e. The van der Waals surface area contributed by atoms with Crippen LogP contribution in [0.5, 0.6) is 0 Å². The number of benzene rings is 1. The summed E-state index contributed by atoms with van der Waals surface area (Å²) in [6, 6.07) is 8.48. The highest BCUT2D eigenvalue weighted by Gasteiger charge is 2.29.